The lowest BCUT2D eigenvalue weighted by Gasteiger charge is -1.95. The summed E-state index contributed by atoms with van der Waals surface area (Å²) in [7, 11) is 0. The molecule has 68 valence electrons. The van der Waals surface area contributed by atoms with E-state index >= 15 is 0 Å². The highest BCUT2D eigenvalue weighted by atomic mass is 35.5. The fourth-order valence-electron chi connectivity index (χ4n) is 1.29. The van der Waals surface area contributed by atoms with Gasteiger partial charge in [-0.2, -0.15) is 5.10 Å². The zero-order valence-corrected chi connectivity index (χ0v) is 8.69. The van der Waals surface area contributed by atoms with Crippen molar-refractivity contribution < 1.29 is 0 Å². The highest BCUT2D eigenvalue weighted by Crippen LogP contribution is 2.28. The van der Waals surface area contributed by atoms with Gasteiger partial charge in [0.25, 0.3) is 0 Å². The fourth-order valence-corrected chi connectivity index (χ4v) is 1.82. The van der Waals surface area contributed by atoms with Crippen molar-refractivity contribution in [3.8, 4) is 0 Å². The minimum absolute atomic E-state index is 0.433. The van der Waals surface area contributed by atoms with E-state index < -0.39 is 0 Å². The molecule has 0 aliphatic heterocycles. The smallest absolute Gasteiger partial charge is 0.156 e. The van der Waals surface area contributed by atoms with Crippen molar-refractivity contribution in [3.05, 3.63) is 27.8 Å². The first-order valence-electron chi connectivity index (χ1n) is 3.77. The Kier molecular flexibility index (Phi) is 1.93. The van der Waals surface area contributed by atoms with Crippen molar-refractivity contribution in [1.82, 2.24) is 14.6 Å². The Morgan fingerprint density at radius 3 is 2.54 bits per heavy atom. The van der Waals surface area contributed by atoms with Crippen molar-refractivity contribution in [1.29, 1.82) is 0 Å². The molecule has 0 fully saturated rings. The number of halogens is 2. The Hall–Kier alpha value is -0.800. The van der Waals surface area contributed by atoms with Crippen LogP contribution in [0.3, 0.4) is 0 Å². The molecule has 0 bridgehead atoms. The monoisotopic (exact) mass is 215 g/mol. The number of aromatic nitrogens is 3. The van der Waals surface area contributed by atoms with Crippen LogP contribution in [0.15, 0.2) is 6.33 Å². The number of hydrogen-bond acceptors (Lipinski definition) is 2. The summed E-state index contributed by atoms with van der Waals surface area (Å²) in [4.78, 5) is 3.90. The minimum Gasteiger partial charge on any atom is -0.220 e. The summed E-state index contributed by atoms with van der Waals surface area (Å²) in [6, 6.07) is 0. The summed E-state index contributed by atoms with van der Waals surface area (Å²) in [6.07, 6.45) is 1.39. The van der Waals surface area contributed by atoms with Gasteiger partial charge in [-0.05, 0) is 25.0 Å². The van der Waals surface area contributed by atoms with Gasteiger partial charge in [-0.1, -0.05) is 23.2 Å². The SMILES string of the molecule is Cc1c(C)c2c(Cl)ncnn2c1Cl. The van der Waals surface area contributed by atoms with Gasteiger partial charge in [0.05, 0.1) is 0 Å². The van der Waals surface area contributed by atoms with E-state index in [0.29, 0.717) is 10.3 Å². The van der Waals surface area contributed by atoms with Gasteiger partial charge in [-0.25, -0.2) is 9.50 Å². The quantitative estimate of drug-likeness (QED) is 0.677. The molecular formula is C8H7Cl2N3. The molecule has 0 aliphatic carbocycles. The summed E-state index contributed by atoms with van der Waals surface area (Å²) < 4.78 is 1.60. The molecule has 3 nitrogen and oxygen atoms in total. The molecule has 5 heteroatoms. The molecule has 0 radical (unpaired) electrons. The Balaban J connectivity index is 3.03. The molecule has 0 spiro atoms. The van der Waals surface area contributed by atoms with E-state index in [2.05, 4.69) is 10.1 Å². The number of aryl methyl sites for hydroxylation is 1. The molecule has 0 atom stereocenters. The van der Waals surface area contributed by atoms with E-state index in [4.69, 9.17) is 23.2 Å². The van der Waals surface area contributed by atoms with Crippen LogP contribution in [0.5, 0.6) is 0 Å². The predicted molar refractivity (Wildman–Crippen MR) is 52.5 cm³/mol. The van der Waals surface area contributed by atoms with Crippen LogP contribution in [-0.4, -0.2) is 14.6 Å². The average molecular weight is 216 g/mol. The molecule has 13 heavy (non-hydrogen) atoms. The fraction of sp³-hybridized carbons (Fsp3) is 0.250. The third kappa shape index (κ3) is 1.11. The third-order valence-corrected chi connectivity index (χ3v) is 2.88. The van der Waals surface area contributed by atoms with Crippen molar-refractivity contribution in [2.75, 3.05) is 0 Å². The normalized spacial score (nSPS) is 11.1. The maximum Gasteiger partial charge on any atom is 0.156 e. The van der Waals surface area contributed by atoms with E-state index in [1.807, 2.05) is 13.8 Å². The molecule has 2 heterocycles. The van der Waals surface area contributed by atoms with Gasteiger partial charge in [0.15, 0.2) is 5.15 Å². The van der Waals surface area contributed by atoms with Crippen LogP contribution in [0, 0.1) is 13.8 Å². The number of nitrogens with zero attached hydrogens (tertiary/aromatic N) is 3. The summed E-state index contributed by atoms with van der Waals surface area (Å²) >= 11 is 11.9. The maximum absolute atomic E-state index is 6.03. The molecule has 0 aliphatic rings. The van der Waals surface area contributed by atoms with Gasteiger partial charge in [0, 0.05) is 0 Å². The van der Waals surface area contributed by atoms with Gasteiger partial charge >= 0.3 is 0 Å². The van der Waals surface area contributed by atoms with E-state index in [-0.39, 0.29) is 0 Å². The van der Waals surface area contributed by atoms with Gasteiger partial charge < -0.3 is 0 Å². The standard InChI is InChI=1S/C8H7Cl2N3/c1-4-5(2)8(10)13-6(4)7(9)11-3-12-13/h3H,1-2H3. The second-order valence-corrected chi connectivity index (χ2v) is 3.57. The second kappa shape index (κ2) is 2.86. The first kappa shape index (κ1) is 8.78. The van der Waals surface area contributed by atoms with Crippen LogP contribution in [0.25, 0.3) is 5.52 Å². The van der Waals surface area contributed by atoms with Crippen LogP contribution in [0.1, 0.15) is 11.1 Å². The largest absolute Gasteiger partial charge is 0.220 e. The van der Waals surface area contributed by atoms with Crippen molar-refractivity contribution >= 4 is 28.7 Å². The van der Waals surface area contributed by atoms with Crippen LogP contribution in [-0.2, 0) is 0 Å². The topological polar surface area (TPSA) is 30.2 Å². The average Bonchev–Trinajstić information content (AvgIpc) is 2.33. The van der Waals surface area contributed by atoms with Crippen LogP contribution >= 0.6 is 23.2 Å². The predicted octanol–water partition coefficient (Wildman–Crippen LogP) is 2.65. The highest BCUT2D eigenvalue weighted by Gasteiger charge is 2.13. The Labute approximate surface area is 85.3 Å². The van der Waals surface area contributed by atoms with Crippen molar-refractivity contribution in [2.24, 2.45) is 0 Å². The highest BCUT2D eigenvalue weighted by molar-refractivity contribution is 6.34. The van der Waals surface area contributed by atoms with Crippen LogP contribution in [0.2, 0.25) is 10.3 Å². The Morgan fingerprint density at radius 1 is 1.23 bits per heavy atom. The lowest BCUT2D eigenvalue weighted by Crippen LogP contribution is -1.93. The van der Waals surface area contributed by atoms with Crippen molar-refractivity contribution in [2.45, 2.75) is 13.8 Å². The van der Waals surface area contributed by atoms with Crippen LogP contribution in [0.4, 0.5) is 0 Å². The van der Waals surface area contributed by atoms with Crippen molar-refractivity contribution in [3.63, 3.8) is 0 Å². The number of fused-ring (bicyclic) bond motifs is 1. The van der Waals surface area contributed by atoms with Gasteiger partial charge in [0.1, 0.15) is 17.0 Å². The summed E-state index contributed by atoms with van der Waals surface area (Å²) in [6.45, 7) is 3.88. The van der Waals surface area contributed by atoms with E-state index in [1.54, 1.807) is 4.52 Å². The second-order valence-electron chi connectivity index (χ2n) is 2.85. The Morgan fingerprint density at radius 2 is 1.92 bits per heavy atom. The first-order valence-corrected chi connectivity index (χ1v) is 4.52. The Bertz CT molecular complexity index is 476. The lowest BCUT2D eigenvalue weighted by molar-refractivity contribution is 0.901. The van der Waals surface area contributed by atoms with Crippen LogP contribution < -0.4 is 0 Å². The molecule has 0 unspecified atom stereocenters. The maximum atomic E-state index is 6.03. The molecule has 2 aromatic heterocycles. The summed E-state index contributed by atoms with van der Waals surface area (Å²) in [5.41, 5.74) is 2.80. The number of rotatable bonds is 0. The van der Waals surface area contributed by atoms with Gasteiger partial charge in [-0.3, -0.25) is 0 Å². The molecule has 2 rings (SSSR count). The van der Waals surface area contributed by atoms with E-state index in [0.717, 1.165) is 16.6 Å². The van der Waals surface area contributed by atoms with E-state index in [1.165, 1.54) is 6.33 Å². The third-order valence-electron chi connectivity index (χ3n) is 2.16. The molecular weight excluding hydrogens is 209 g/mol. The number of hydrogen-bond donors (Lipinski definition) is 0. The lowest BCUT2D eigenvalue weighted by atomic mass is 10.2. The zero-order valence-electron chi connectivity index (χ0n) is 7.17. The van der Waals surface area contributed by atoms with Gasteiger partial charge in [0.2, 0.25) is 0 Å². The van der Waals surface area contributed by atoms with Gasteiger partial charge in [-0.15, -0.1) is 0 Å². The molecule has 0 N–H and O–H groups in total. The minimum atomic E-state index is 0.433. The molecule has 0 saturated heterocycles. The molecule has 2 aromatic rings. The first-order chi connectivity index (χ1) is 6.13. The molecule has 0 aromatic carbocycles. The summed E-state index contributed by atoms with van der Waals surface area (Å²) in [5.74, 6) is 0. The molecule has 0 saturated carbocycles. The molecule has 0 amide bonds. The zero-order chi connectivity index (χ0) is 9.59. The van der Waals surface area contributed by atoms with E-state index in [9.17, 15) is 0 Å². The summed E-state index contributed by atoms with van der Waals surface area (Å²) in [5, 5.41) is 5.04.